The summed E-state index contributed by atoms with van der Waals surface area (Å²) < 4.78 is 0. The van der Waals surface area contributed by atoms with Gasteiger partial charge < -0.3 is 9.80 Å². The predicted molar refractivity (Wildman–Crippen MR) is 60.2 cm³/mol. The van der Waals surface area contributed by atoms with Gasteiger partial charge in [-0.15, -0.1) is 0 Å². The lowest BCUT2D eigenvalue weighted by molar-refractivity contribution is -0.129. The smallest absolute Gasteiger partial charge is 0.226 e. The lowest BCUT2D eigenvalue weighted by Crippen LogP contribution is -2.33. The molecule has 3 heteroatoms. The first-order chi connectivity index (χ1) is 6.47. The van der Waals surface area contributed by atoms with Crippen molar-refractivity contribution in [2.24, 2.45) is 0 Å². The number of hydrogen-bond donors (Lipinski definition) is 0. The Labute approximate surface area is 87.4 Å². The van der Waals surface area contributed by atoms with Gasteiger partial charge in [0, 0.05) is 26.6 Å². The third kappa shape index (κ3) is 5.75. The van der Waals surface area contributed by atoms with Gasteiger partial charge in [-0.05, 0) is 27.9 Å². The van der Waals surface area contributed by atoms with Gasteiger partial charge in [0.05, 0.1) is 0 Å². The fraction of sp³-hybridized carbons (Fsp3) is 0.727. The molecule has 0 N–H and O–H groups in total. The fourth-order valence-electron chi connectivity index (χ4n) is 0.950. The summed E-state index contributed by atoms with van der Waals surface area (Å²) in [6.07, 6.45) is 2.53. The number of nitrogens with zero attached hydrogens (tertiary/aromatic N) is 2. The summed E-state index contributed by atoms with van der Waals surface area (Å²) in [5, 5.41) is 0. The molecule has 0 aromatic carbocycles. The Kier molecular flexibility index (Phi) is 6.21. The summed E-state index contributed by atoms with van der Waals surface area (Å²) in [6.45, 7) is 5.65. The quantitative estimate of drug-likeness (QED) is 0.623. The van der Waals surface area contributed by atoms with Crippen molar-refractivity contribution in [3.63, 3.8) is 0 Å². The summed E-state index contributed by atoms with van der Waals surface area (Å²) in [5.74, 6) is 0.197. The normalized spacial score (nSPS) is 12.0. The second-order valence-electron chi connectivity index (χ2n) is 3.93. The molecule has 0 fully saturated rings. The highest BCUT2D eigenvalue weighted by Gasteiger charge is 2.08. The zero-order chi connectivity index (χ0) is 11.1. The fourth-order valence-corrected chi connectivity index (χ4v) is 0.950. The number of rotatable bonds is 5. The highest BCUT2D eigenvalue weighted by Crippen LogP contribution is 2.02. The Morgan fingerprint density at radius 1 is 1.21 bits per heavy atom. The third-order valence-corrected chi connectivity index (χ3v) is 2.23. The van der Waals surface area contributed by atoms with Crippen LogP contribution in [0.25, 0.3) is 0 Å². The van der Waals surface area contributed by atoms with E-state index in [1.807, 2.05) is 41.1 Å². The molecule has 0 saturated heterocycles. The van der Waals surface area contributed by atoms with E-state index in [9.17, 15) is 4.79 Å². The van der Waals surface area contributed by atoms with Crippen LogP contribution in [0, 0.1) is 0 Å². The van der Waals surface area contributed by atoms with Crippen molar-refractivity contribution >= 4 is 5.91 Å². The number of carbonyl (C=O) groups excluding carboxylic acids is 1. The predicted octanol–water partition coefficient (Wildman–Crippen LogP) is 1.36. The molecule has 1 amide bonds. The molecule has 0 atom stereocenters. The molecule has 0 aromatic heterocycles. The van der Waals surface area contributed by atoms with E-state index in [-0.39, 0.29) is 5.91 Å². The van der Waals surface area contributed by atoms with Crippen molar-refractivity contribution < 1.29 is 4.79 Å². The van der Waals surface area contributed by atoms with Gasteiger partial charge in [-0.3, -0.25) is 4.79 Å². The van der Waals surface area contributed by atoms with E-state index < -0.39 is 0 Å². The van der Waals surface area contributed by atoms with Crippen LogP contribution in [0.3, 0.4) is 0 Å². The van der Waals surface area contributed by atoms with Crippen LogP contribution in [0.15, 0.2) is 11.6 Å². The molecule has 0 aliphatic carbocycles. The molecule has 82 valence electrons. The zero-order valence-corrected chi connectivity index (χ0v) is 10.0. The van der Waals surface area contributed by atoms with Crippen LogP contribution in [-0.4, -0.2) is 49.9 Å². The van der Waals surface area contributed by atoms with E-state index in [2.05, 4.69) is 4.90 Å². The van der Waals surface area contributed by atoms with Gasteiger partial charge in [0.1, 0.15) is 0 Å². The molecule has 0 unspecified atom stereocenters. The maximum Gasteiger partial charge on any atom is 0.226 e. The van der Waals surface area contributed by atoms with Gasteiger partial charge in [0.15, 0.2) is 0 Å². The van der Waals surface area contributed by atoms with E-state index in [0.717, 1.165) is 18.7 Å². The Morgan fingerprint density at radius 3 is 2.21 bits per heavy atom. The first-order valence-electron chi connectivity index (χ1n) is 4.97. The number of allylic oxidation sites excluding steroid dienone is 1. The number of amides is 1. The SMILES string of the molecule is C/C=C(\C)CC(=O)N(C)CCN(C)C. The van der Waals surface area contributed by atoms with Crippen molar-refractivity contribution in [1.29, 1.82) is 0 Å². The van der Waals surface area contributed by atoms with Gasteiger partial charge in [-0.25, -0.2) is 0 Å². The maximum atomic E-state index is 11.6. The molecule has 0 spiro atoms. The van der Waals surface area contributed by atoms with E-state index in [1.54, 1.807) is 4.90 Å². The van der Waals surface area contributed by atoms with E-state index in [1.165, 1.54) is 0 Å². The number of carbonyl (C=O) groups is 1. The first-order valence-corrected chi connectivity index (χ1v) is 4.97. The second kappa shape index (κ2) is 6.60. The summed E-state index contributed by atoms with van der Waals surface area (Å²) in [7, 11) is 5.87. The molecule has 3 nitrogen and oxygen atoms in total. The molecule has 0 saturated carbocycles. The molecular weight excluding hydrogens is 176 g/mol. The summed E-state index contributed by atoms with van der Waals surface area (Å²) >= 11 is 0. The van der Waals surface area contributed by atoms with E-state index >= 15 is 0 Å². The molecule has 0 bridgehead atoms. The molecule has 0 radical (unpaired) electrons. The van der Waals surface area contributed by atoms with Crippen LogP contribution in [0.1, 0.15) is 20.3 Å². The van der Waals surface area contributed by atoms with Crippen LogP contribution in [0.2, 0.25) is 0 Å². The van der Waals surface area contributed by atoms with Gasteiger partial charge in [0.25, 0.3) is 0 Å². The van der Waals surface area contributed by atoms with Crippen LogP contribution in [0.5, 0.6) is 0 Å². The third-order valence-electron chi connectivity index (χ3n) is 2.23. The lowest BCUT2D eigenvalue weighted by Gasteiger charge is -2.19. The first kappa shape index (κ1) is 13.2. The summed E-state index contributed by atoms with van der Waals surface area (Å²) in [5.41, 5.74) is 1.13. The van der Waals surface area contributed by atoms with Crippen LogP contribution in [0.4, 0.5) is 0 Å². The zero-order valence-electron chi connectivity index (χ0n) is 10.0. The minimum atomic E-state index is 0.197. The van der Waals surface area contributed by atoms with Gasteiger partial charge in [-0.1, -0.05) is 11.6 Å². The highest BCUT2D eigenvalue weighted by atomic mass is 16.2. The van der Waals surface area contributed by atoms with E-state index in [4.69, 9.17) is 0 Å². The summed E-state index contributed by atoms with van der Waals surface area (Å²) in [6, 6.07) is 0. The van der Waals surface area contributed by atoms with Crippen molar-refractivity contribution in [2.45, 2.75) is 20.3 Å². The maximum absolute atomic E-state index is 11.6. The van der Waals surface area contributed by atoms with Crippen molar-refractivity contribution in [3.8, 4) is 0 Å². The van der Waals surface area contributed by atoms with Crippen molar-refractivity contribution in [1.82, 2.24) is 9.80 Å². The molecule has 0 aliphatic rings. The van der Waals surface area contributed by atoms with Crippen LogP contribution in [-0.2, 0) is 4.79 Å². The van der Waals surface area contributed by atoms with Gasteiger partial charge in [-0.2, -0.15) is 0 Å². The largest absolute Gasteiger partial charge is 0.344 e. The molecule has 0 aliphatic heterocycles. The number of likely N-dealkylation sites (N-methyl/N-ethyl adjacent to an activating group) is 2. The topological polar surface area (TPSA) is 23.6 Å². The molecule has 0 heterocycles. The molecule has 14 heavy (non-hydrogen) atoms. The Hall–Kier alpha value is -0.830. The average molecular weight is 198 g/mol. The molecular formula is C11H22N2O. The lowest BCUT2D eigenvalue weighted by atomic mass is 10.2. The average Bonchev–Trinajstić information content (AvgIpc) is 2.13. The standard InChI is InChI=1S/C11H22N2O/c1-6-10(2)9-11(14)13(5)8-7-12(3)4/h6H,7-9H2,1-5H3/b10-6+. The second-order valence-corrected chi connectivity index (χ2v) is 3.93. The summed E-state index contributed by atoms with van der Waals surface area (Å²) in [4.78, 5) is 15.5. The highest BCUT2D eigenvalue weighted by molar-refractivity contribution is 5.78. The van der Waals surface area contributed by atoms with Crippen LogP contribution >= 0.6 is 0 Å². The molecule has 0 rings (SSSR count). The Balaban J connectivity index is 3.88. The van der Waals surface area contributed by atoms with E-state index in [0.29, 0.717) is 6.42 Å². The monoisotopic (exact) mass is 198 g/mol. The Morgan fingerprint density at radius 2 is 1.79 bits per heavy atom. The van der Waals surface area contributed by atoms with Gasteiger partial charge >= 0.3 is 0 Å². The molecule has 0 aromatic rings. The van der Waals surface area contributed by atoms with Crippen molar-refractivity contribution in [2.75, 3.05) is 34.2 Å². The minimum absolute atomic E-state index is 0.197. The Bertz CT molecular complexity index is 209. The van der Waals surface area contributed by atoms with Crippen molar-refractivity contribution in [3.05, 3.63) is 11.6 Å². The number of hydrogen-bond acceptors (Lipinski definition) is 2. The van der Waals surface area contributed by atoms with Crippen LogP contribution < -0.4 is 0 Å². The minimum Gasteiger partial charge on any atom is -0.344 e. The van der Waals surface area contributed by atoms with Gasteiger partial charge in [0.2, 0.25) is 5.91 Å².